The van der Waals surface area contributed by atoms with Gasteiger partial charge in [0.25, 0.3) is 0 Å². The Labute approximate surface area is 141 Å². The van der Waals surface area contributed by atoms with Crippen LogP contribution in [0.4, 0.5) is 0 Å². The monoisotopic (exact) mass is 330 g/mol. The summed E-state index contributed by atoms with van der Waals surface area (Å²) in [5.41, 5.74) is 2.76. The standard InChI is InChI=1S/C18H16N3.Fe/c1-18(8-5-15-6-11-19-12-7-15)9-13-21-17(14-18)16-4-2-3-10-20-16;/h2-14H,1H3;/q-1;. The maximum Gasteiger partial charge on any atom is 0.0480 e. The van der Waals surface area contributed by atoms with Crippen LogP contribution in [0.15, 0.2) is 73.4 Å². The molecule has 0 radical (unpaired) electrons. The predicted molar refractivity (Wildman–Crippen MR) is 86.1 cm³/mol. The molecule has 1 aliphatic heterocycles. The van der Waals surface area contributed by atoms with Crippen molar-refractivity contribution in [2.24, 2.45) is 5.41 Å². The zero-order valence-electron chi connectivity index (χ0n) is 12.2. The third kappa shape index (κ3) is 3.94. The van der Waals surface area contributed by atoms with Crippen molar-refractivity contribution in [3.8, 4) is 0 Å². The first kappa shape index (κ1) is 16.2. The van der Waals surface area contributed by atoms with Gasteiger partial charge in [0.15, 0.2) is 0 Å². The van der Waals surface area contributed by atoms with Crippen molar-refractivity contribution in [2.45, 2.75) is 6.92 Å². The summed E-state index contributed by atoms with van der Waals surface area (Å²) in [6.45, 7) is 2.15. The van der Waals surface area contributed by atoms with Crippen molar-refractivity contribution in [3.05, 3.63) is 89.9 Å². The molecule has 0 saturated carbocycles. The van der Waals surface area contributed by atoms with E-state index in [4.69, 9.17) is 0 Å². The summed E-state index contributed by atoms with van der Waals surface area (Å²) in [5, 5.41) is 4.42. The Balaban J connectivity index is 0.00000176. The Morgan fingerprint density at radius 1 is 1.09 bits per heavy atom. The van der Waals surface area contributed by atoms with Gasteiger partial charge in [0.2, 0.25) is 0 Å². The number of nitrogens with zero attached hydrogens (tertiary/aromatic N) is 3. The third-order valence-corrected chi connectivity index (χ3v) is 3.36. The maximum absolute atomic E-state index is 4.42. The number of aromatic nitrogens is 2. The number of allylic oxidation sites excluding steroid dienone is 3. The van der Waals surface area contributed by atoms with Gasteiger partial charge in [-0.2, -0.15) is 6.20 Å². The van der Waals surface area contributed by atoms with Crippen LogP contribution in [0.5, 0.6) is 0 Å². The van der Waals surface area contributed by atoms with E-state index in [0.29, 0.717) is 0 Å². The van der Waals surface area contributed by atoms with Crippen LogP contribution in [-0.2, 0) is 17.1 Å². The Morgan fingerprint density at radius 2 is 1.91 bits per heavy atom. The summed E-state index contributed by atoms with van der Waals surface area (Å²) in [6, 6.07) is 9.83. The maximum atomic E-state index is 4.42. The SMILES string of the molecule is CC1(C=Cc2ccncc2)C=C[N-]C(c2ccccn2)=C1.[Fe]. The molecule has 3 nitrogen and oxygen atoms in total. The van der Waals surface area contributed by atoms with E-state index in [1.54, 1.807) is 18.6 Å². The summed E-state index contributed by atoms with van der Waals surface area (Å²) in [6.07, 6.45) is 15.7. The van der Waals surface area contributed by atoms with Crippen LogP contribution in [0.2, 0.25) is 0 Å². The minimum absolute atomic E-state index is 0. The Kier molecular flexibility index (Phi) is 5.31. The van der Waals surface area contributed by atoms with Crippen molar-refractivity contribution in [1.29, 1.82) is 0 Å². The molecule has 22 heavy (non-hydrogen) atoms. The summed E-state index contributed by atoms with van der Waals surface area (Å²) < 4.78 is 0. The molecule has 1 atom stereocenters. The van der Waals surface area contributed by atoms with E-state index < -0.39 is 0 Å². The van der Waals surface area contributed by atoms with Crippen LogP contribution < -0.4 is 0 Å². The molecule has 0 aromatic carbocycles. The summed E-state index contributed by atoms with van der Waals surface area (Å²) in [7, 11) is 0. The molecule has 4 heteroatoms. The molecule has 0 aliphatic carbocycles. The number of rotatable bonds is 3. The first-order valence-corrected chi connectivity index (χ1v) is 6.87. The molecule has 0 N–H and O–H groups in total. The van der Waals surface area contributed by atoms with Gasteiger partial charge in [-0.1, -0.05) is 30.4 Å². The van der Waals surface area contributed by atoms with Crippen LogP contribution in [0.25, 0.3) is 17.1 Å². The van der Waals surface area contributed by atoms with Crippen LogP contribution in [0, 0.1) is 5.41 Å². The first-order valence-electron chi connectivity index (χ1n) is 6.87. The predicted octanol–water partition coefficient (Wildman–Crippen LogP) is 4.44. The van der Waals surface area contributed by atoms with Crippen LogP contribution in [0.3, 0.4) is 0 Å². The smallest absolute Gasteiger partial charge is 0.0480 e. The molecule has 0 amide bonds. The molecular weight excluding hydrogens is 314 g/mol. The van der Waals surface area contributed by atoms with Gasteiger partial charge in [0.05, 0.1) is 0 Å². The molecular formula is C18H16FeN3-. The van der Waals surface area contributed by atoms with E-state index in [-0.39, 0.29) is 22.5 Å². The van der Waals surface area contributed by atoms with Gasteiger partial charge in [0, 0.05) is 46.8 Å². The Morgan fingerprint density at radius 3 is 2.64 bits per heavy atom. The quantitative estimate of drug-likeness (QED) is 0.781. The average Bonchev–Trinajstić information content (AvgIpc) is 2.55. The minimum atomic E-state index is -0.169. The second-order valence-electron chi connectivity index (χ2n) is 5.17. The zero-order valence-corrected chi connectivity index (χ0v) is 13.3. The van der Waals surface area contributed by atoms with Crippen LogP contribution in [0.1, 0.15) is 18.2 Å². The van der Waals surface area contributed by atoms with Crippen molar-refractivity contribution < 1.29 is 17.1 Å². The van der Waals surface area contributed by atoms with E-state index in [2.05, 4.69) is 46.5 Å². The van der Waals surface area contributed by atoms with Gasteiger partial charge in [-0.15, -0.1) is 5.70 Å². The van der Waals surface area contributed by atoms with Crippen molar-refractivity contribution in [1.82, 2.24) is 9.97 Å². The molecule has 0 saturated heterocycles. The van der Waals surface area contributed by atoms with E-state index >= 15 is 0 Å². The van der Waals surface area contributed by atoms with Gasteiger partial charge in [-0.05, 0) is 36.8 Å². The fourth-order valence-corrected chi connectivity index (χ4v) is 2.17. The molecule has 0 spiro atoms. The third-order valence-electron chi connectivity index (χ3n) is 3.36. The molecule has 1 unspecified atom stereocenters. The minimum Gasteiger partial charge on any atom is -0.663 e. The molecule has 2 aromatic heterocycles. The normalized spacial score (nSPS) is 20.1. The number of hydrogen-bond donors (Lipinski definition) is 0. The van der Waals surface area contributed by atoms with Crippen molar-refractivity contribution in [2.75, 3.05) is 0 Å². The van der Waals surface area contributed by atoms with E-state index in [9.17, 15) is 0 Å². The van der Waals surface area contributed by atoms with Gasteiger partial charge >= 0.3 is 0 Å². The zero-order chi connectivity index (χ0) is 14.5. The second kappa shape index (κ2) is 7.21. The topological polar surface area (TPSA) is 39.9 Å². The molecule has 0 fully saturated rings. The number of hydrogen-bond acceptors (Lipinski definition) is 2. The fraction of sp³-hybridized carbons (Fsp3) is 0.111. The largest absolute Gasteiger partial charge is 0.663 e. The number of pyridine rings is 2. The van der Waals surface area contributed by atoms with Crippen LogP contribution in [-0.4, -0.2) is 9.97 Å². The summed E-state index contributed by atoms with van der Waals surface area (Å²) in [4.78, 5) is 8.38. The van der Waals surface area contributed by atoms with Gasteiger partial charge in [-0.3, -0.25) is 9.97 Å². The summed E-state index contributed by atoms with van der Waals surface area (Å²) in [5.74, 6) is 0. The van der Waals surface area contributed by atoms with E-state index in [1.807, 2.05) is 36.5 Å². The molecule has 112 valence electrons. The fourth-order valence-electron chi connectivity index (χ4n) is 2.17. The molecule has 2 aromatic rings. The van der Waals surface area contributed by atoms with E-state index in [0.717, 1.165) is 17.0 Å². The molecule has 0 bridgehead atoms. The average molecular weight is 330 g/mol. The molecule has 1 aliphatic rings. The molecule has 3 heterocycles. The van der Waals surface area contributed by atoms with Gasteiger partial charge < -0.3 is 5.32 Å². The summed E-state index contributed by atoms with van der Waals surface area (Å²) >= 11 is 0. The van der Waals surface area contributed by atoms with Gasteiger partial charge in [-0.25, -0.2) is 0 Å². The van der Waals surface area contributed by atoms with Gasteiger partial charge in [0.1, 0.15) is 0 Å². The second-order valence-corrected chi connectivity index (χ2v) is 5.17. The van der Waals surface area contributed by atoms with Crippen molar-refractivity contribution in [3.63, 3.8) is 0 Å². The first-order chi connectivity index (χ1) is 10.3. The van der Waals surface area contributed by atoms with Crippen LogP contribution >= 0.6 is 0 Å². The Hall–Kier alpha value is -2.16. The van der Waals surface area contributed by atoms with Crippen molar-refractivity contribution >= 4 is 11.8 Å². The molecule has 3 rings (SSSR count). The van der Waals surface area contributed by atoms with E-state index in [1.165, 1.54) is 0 Å². The Bertz CT molecular complexity index is 693.